The van der Waals surface area contributed by atoms with Crippen molar-refractivity contribution in [2.24, 2.45) is 29.1 Å². The Morgan fingerprint density at radius 1 is 0.698 bits per heavy atom. The van der Waals surface area contributed by atoms with Crippen LogP contribution in [-0.2, 0) is 36.8 Å². The number of ketones is 3. The molecule has 1 saturated heterocycles. The van der Waals surface area contributed by atoms with Crippen molar-refractivity contribution < 1.29 is 24.0 Å². The smallest absolute Gasteiger partial charge is 0.224 e. The van der Waals surface area contributed by atoms with Crippen molar-refractivity contribution in [3.05, 3.63) is 71.8 Å². The number of carbonyl (C=O) groups is 5. The molecule has 8 heteroatoms. The fourth-order valence-electron chi connectivity index (χ4n) is 7.57. The van der Waals surface area contributed by atoms with E-state index in [0.717, 1.165) is 49.9 Å². The van der Waals surface area contributed by atoms with Crippen LogP contribution in [0, 0.1) is 29.1 Å². The van der Waals surface area contributed by atoms with Crippen molar-refractivity contribution in [1.82, 2.24) is 15.5 Å². The number of carbonyl (C=O) groups excluding carboxylic acids is 5. The van der Waals surface area contributed by atoms with Crippen LogP contribution in [0.2, 0.25) is 0 Å². The van der Waals surface area contributed by atoms with E-state index in [2.05, 4.69) is 15.5 Å². The van der Waals surface area contributed by atoms with E-state index < -0.39 is 29.3 Å². The van der Waals surface area contributed by atoms with Gasteiger partial charge in [-0.1, -0.05) is 102 Å². The highest BCUT2D eigenvalue weighted by Gasteiger charge is 2.48. The Bertz CT molecular complexity index is 1480. The third-order valence-corrected chi connectivity index (χ3v) is 11.1. The first-order valence-corrected chi connectivity index (χ1v) is 20.3. The van der Waals surface area contributed by atoms with Crippen LogP contribution < -0.4 is 10.6 Å². The second-order valence-corrected chi connectivity index (χ2v) is 17.0. The average Bonchev–Trinajstić information content (AvgIpc) is 3.90. The molecule has 2 amide bonds. The van der Waals surface area contributed by atoms with Gasteiger partial charge in [0.25, 0.3) is 0 Å². The van der Waals surface area contributed by atoms with Crippen LogP contribution >= 0.6 is 0 Å². The molecule has 0 aromatic heterocycles. The minimum Gasteiger partial charge on any atom is -0.346 e. The van der Waals surface area contributed by atoms with Crippen molar-refractivity contribution in [3.63, 3.8) is 0 Å². The van der Waals surface area contributed by atoms with Crippen molar-refractivity contribution >= 4 is 29.2 Å². The van der Waals surface area contributed by atoms with Crippen LogP contribution in [0.4, 0.5) is 0 Å². The summed E-state index contributed by atoms with van der Waals surface area (Å²) in [4.78, 5) is 71.6. The number of nitrogens with one attached hydrogen (secondary N) is 2. The van der Waals surface area contributed by atoms with E-state index in [1.54, 1.807) is 0 Å². The monoisotopic (exact) mass is 727 g/mol. The summed E-state index contributed by atoms with van der Waals surface area (Å²) in [6, 6.07) is 18.2. The van der Waals surface area contributed by atoms with Crippen LogP contribution in [0.15, 0.2) is 60.7 Å². The molecule has 2 N–H and O–H groups in total. The Labute approximate surface area is 318 Å². The molecule has 2 aromatic carbocycles. The SMILES string of the molecule is CC(C)C[C@H](NC(=O)[C@H](CCc1ccccc1)CC(=O)CCN1CCCCC1)C(=O)C[C@@H](Cc1ccccc1)C(=O)N[C@@H](CC(C)C)C(=O)C1(C)CC1. The van der Waals surface area contributed by atoms with Gasteiger partial charge in [-0.25, -0.2) is 0 Å². The first kappa shape index (κ1) is 42.1. The number of benzene rings is 2. The zero-order valence-electron chi connectivity index (χ0n) is 33.0. The highest BCUT2D eigenvalue weighted by Crippen LogP contribution is 2.47. The fraction of sp³-hybridized carbons (Fsp3) is 0.622. The lowest BCUT2D eigenvalue weighted by Crippen LogP contribution is -2.49. The molecular formula is C45H65N3O5. The van der Waals surface area contributed by atoms with E-state index in [0.29, 0.717) is 45.1 Å². The van der Waals surface area contributed by atoms with Gasteiger partial charge in [0.2, 0.25) is 11.8 Å². The lowest BCUT2D eigenvalue weighted by molar-refractivity contribution is -0.135. The number of piperidine rings is 1. The number of rotatable bonds is 23. The number of hydrogen-bond acceptors (Lipinski definition) is 6. The van der Waals surface area contributed by atoms with Crippen molar-refractivity contribution in [2.75, 3.05) is 19.6 Å². The quantitative estimate of drug-likeness (QED) is 0.124. The van der Waals surface area contributed by atoms with Gasteiger partial charge in [-0.2, -0.15) is 0 Å². The molecule has 2 fully saturated rings. The molecule has 8 nitrogen and oxygen atoms in total. The lowest BCUT2D eigenvalue weighted by Gasteiger charge is -2.27. The van der Waals surface area contributed by atoms with Crippen LogP contribution in [0.3, 0.4) is 0 Å². The molecule has 0 bridgehead atoms. The van der Waals surface area contributed by atoms with E-state index >= 15 is 0 Å². The van der Waals surface area contributed by atoms with Gasteiger partial charge in [0, 0.05) is 43.1 Å². The Hall–Kier alpha value is -3.65. The van der Waals surface area contributed by atoms with E-state index in [4.69, 9.17) is 0 Å². The molecule has 1 heterocycles. The van der Waals surface area contributed by atoms with Gasteiger partial charge in [0.15, 0.2) is 11.6 Å². The Balaban J connectivity index is 1.50. The molecule has 0 unspecified atom stereocenters. The summed E-state index contributed by atoms with van der Waals surface area (Å²) in [5.74, 6) is -1.62. The molecule has 4 atom stereocenters. The highest BCUT2D eigenvalue weighted by atomic mass is 16.2. The van der Waals surface area contributed by atoms with E-state index in [9.17, 15) is 24.0 Å². The number of nitrogens with zero attached hydrogens (tertiary/aromatic N) is 1. The zero-order valence-corrected chi connectivity index (χ0v) is 33.0. The summed E-state index contributed by atoms with van der Waals surface area (Å²) in [7, 11) is 0. The van der Waals surface area contributed by atoms with E-state index in [1.165, 1.54) is 6.42 Å². The standard InChI is InChI=1S/C45H65N3O5/c1-32(2)27-39(46-43(52)36(20-19-34-15-9-6-10-16-34)30-38(49)21-26-48-24-13-8-14-25-48)41(50)31-37(29-35-17-11-7-12-18-35)44(53)47-40(28-33(3)4)42(51)45(5)22-23-45/h6-7,9-12,15-18,32-33,36-37,39-40H,8,13-14,19-31H2,1-5H3,(H,46,52)(H,47,53)/t36-,37-,39+,40+/m1/s1. The largest absolute Gasteiger partial charge is 0.346 e. The third-order valence-electron chi connectivity index (χ3n) is 11.1. The average molecular weight is 728 g/mol. The third kappa shape index (κ3) is 14.3. The van der Waals surface area contributed by atoms with Crippen LogP contribution in [-0.4, -0.2) is 65.8 Å². The Morgan fingerprint density at radius 3 is 1.83 bits per heavy atom. The summed E-state index contributed by atoms with van der Waals surface area (Å²) >= 11 is 0. The minimum atomic E-state index is -0.797. The Morgan fingerprint density at radius 2 is 1.25 bits per heavy atom. The van der Waals surface area contributed by atoms with Gasteiger partial charge in [-0.05, 0) is 93.8 Å². The molecule has 2 aromatic rings. The fourth-order valence-corrected chi connectivity index (χ4v) is 7.57. The number of aryl methyl sites for hydroxylation is 1. The topological polar surface area (TPSA) is 113 Å². The van der Waals surface area contributed by atoms with Gasteiger partial charge >= 0.3 is 0 Å². The second-order valence-electron chi connectivity index (χ2n) is 17.0. The molecule has 0 spiro atoms. The maximum atomic E-state index is 14.3. The summed E-state index contributed by atoms with van der Waals surface area (Å²) in [5.41, 5.74) is 1.63. The van der Waals surface area contributed by atoms with Gasteiger partial charge in [-0.15, -0.1) is 0 Å². The van der Waals surface area contributed by atoms with Gasteiger partial charge in [0.05, 0.1) is 12.1 Å². The Kier molecular flexibility index (Phi) is 16.4. The number of amides is 2. The summed E-state index contributed by atoms with van der Waals surface area (Å²) < 4.78 is 0. The molecule has 2 aliphatic rings. The predicted octanol–water partition coefficient (Wildman–Crippen LogP) is 7.32. The van der Waals surface area contributed by atoms with Crippen LogP contribution in [0.1, 0.15) is 116 Å². The maximum absolute atomic E-state index is 14.3. The zero-order chi connectivity index (χ0) is 38.4. The molecule has 1 aliphatic carbocycles. The van der Waals surface area contributed by atoms with Gasteiger partial charge in [0.1, 0.15) is 5.78 Å². The lowest BCUT2D eigenvalue weighted by atomic mass is 9.87. The van der Waals surface area contributed by atoms with Crippen molar-refractivity contribution in [1.29, 1.82) is 0 Å². The number of likely N-dealkylation sites (tertiary alicyclic amines) is 1. The van der Waals surface area contributed by atoms with Gasteiger partial charge in [-0.3, -0.25) is 24.0 Å². The first-order chi connectivity index (χ1) is 25.3. The highest BCUT2D eigenvalue weighted by molar-refractivity contribution is 5.97. The number of hydrogen-bond donors (Lipinski definition) is 2. The minimum absolute atomic E-state index is 0.0678. The summed E-state index contributed by atoms with van der Waals surface area (Å²) in [6.07, 6.45) is 8.14. The molecule has 290 valence electrons. The molecular weight excluding hydrogens is 663 g/mol. The van der Waals surface area contributed by atoms with E-state index in [-0.39, 0.29) is 53.8 Å². The van der Waals surface area contributed by atoms with E-state index in [1.807, 2.05) is 95.3 Å². The first-order valence-electron chi connectivity index (χ1n) is 20.3. The van der Waals surface area contributed by atoms with Gasteiger partial charge < -0.3 is 15.5 Å². The van der Waals surface area contributed by atoms with Crippen LogP contribution in [0.25, 0.3) is 0 Å². The molecule has 1 aliphatic heterocycles. The second kappa shape index (κ2) is 20.7. The van der Waals surface area contributed by atoms with Crippen molar-refractivity contribution in [3.8, 4) is 0 Å². The molecule has 4 rings (SSSR count). The summed E-state index contributed by atoms with van der Waals surface area (Å²) in [5, 5.41) is 6.16. The molecule has 0 radical (unpaired) electrons. The maximum Gasteiger partial charge on any atom is 0.224 e. The van der Waals surface area contributed by atoms with Crippen molar-refractivity contribution in [2.45, 2.75) is 130 Å². The number of Topliss-reactive ketones (excluding diaryl/α,β-unsaturated/α-hetero) is 3. The molecule has 53 heavy (non-hydrogen) atoms. The molecule has 1 saturated carbocycles. The van der Waals surface area contributed by atoms with Crippen LogP contribution in [0.5, 0.6) is 0 Å². The summed E-state index contributed by atoms with van der Waals surface area (Å²) in [6.45, 7) is 12.8. The predicted molar refractivity (Wildman–Crippen MR) is 211 cm³/mol. The normalized spacial score (nSPS) is 17.8.